The maximum atomic E-state index is 14.1. The second kappa shape index (κ2) is 10.8. The first kappa shape index (κ1) is 24.6. The van der Waals surface area contributed by atoms with E-state index in [2.05, 4.69) is 23.8 Å². The molecule has 5 nitrogen and oxygen atoms in total. The molecule has 1 aromatic heterocycles. The Morgan fingerprint density at radius 1 is 1.23 bits per heavy atom. The predicted molar refractivity (Wildman–Crippen MR) is 140 cm³/mol. The van der Waals surface area contributed by atoms with Gasteiger partial charge in [-0.15, -0.1) is 0 Å². The Morgan fingerprint density at radius 2 is 2.03 bits per heavy atom. The first-order valence-electron chi connectivity index (χ1n) is 11.6. The zero-order valence-corrected chi connectivity index (χ0v) is 20.6. The topological polar surface area (TPSA) is 71.6 Å². The van der Waals surface area contributed by atoms with Crippen LogP contribution in [0.3, 0.4) is 0 Å². The summed E-state index contributed by atoms with van der Waals surface area (Å²) in [5, 5.41) is 0.338. The van der Waals surface area contributed by atoms with Crippen molar-refractivity contribution in [1.29, 1.82) is 0 Å². The molecule has 0 spiro atoms. The lowest BCUT2D eigenvalue weighted by Gasteiger charge is -2.16. The maximum absolute atomic E-state index is 14.1. The smallest absolute Gasteiger partial charge is 0.254 e. The van der Waals surface area contributed by atoms with Crippen LogP contribution in [0.5, 0.6) is 0 Å². The maximum Gasteiger partial charge on any atom is 0.254 e. The Balaban J connectivity index is 1.63. The van der Waals surface area contributed by atoms with Gasteiger partial charge in [0.25, 0.3) is 5.91 Å². The van der Waals surface area contributed by atoms with Crippen LogP contribution < -0.4 is 5.73 Å². The van der Waals surface area contributed by atoms with Crippen molar-refractivity contribution in [3.05, 3.63) is 94.0 Å². The molecule has 1 aliphatic heterocycles. The van der Waals surface area contributed by atoms with E-state index >= 15 is 0 Å². The van der Waals surface area contributed by atoms with Crippen LogP contribution in [0, 0.1) is 11.7 Å². The van der Waals surface area contributed by atoms with Crippen LogP contribution in [0.15, 0.2) is 65.8 Å². The number of aliphatic imine (C=N–C) groups is 1. The van der Waals surface area contributed by atoms with E-state index in [1.165, 1.54) is 12.3 Å². The highest BCUT2D eigenvalue weighted by Gasteiger charge is 2.28. The van der Waals surface area contributed by atoms with E-state index in [0.29, 0.717) is 41.0 Å². The first-order valence-corrected chi connectivity index (χ1v) is 12.0. The number of hydrogen-bond acceptors (Lipinski definition) is 4. The van der Waals surface area contributed by atoms with E-state index < -0.39 is 0 Å². The van der Waals surface area contributed by atoms with Gasteiger partial charge in [-0.05, 0) is 42.2 Å². The molecule has 7 heteroatoms. The van der Waals surface area contributed by atoms with Crippen molar-refractivity contribution in [3.8, 4) is 11.3 Å². The van der Waals surface area contributed by atoms with E-state index in [1.807, 2.05) is 24.3 Å². The number of benzene rings is 2. The third-order valence-electron chi connectivity index (χ3n) is 6.00. The Kier molecular flexibility index (Phi) is 7.61. The van der Waals surface area contributed by atoms with Crippen LogP contribution >= 0.6 is 11.6 Å². The standard InChI is InChI=1S/C28H28ClFN4O/c1-18(2)11-12-32-15-22(14-31)23-9-10-26(29)33-27(23)19-7-8-20-16-34(28(35)24(20)13-19)17-21-5-3-4-6-25(21)30/h3-10,13-15,18H,11-12,16-17,31H2,1-2H3. The van der Waals surface area contributed by atoms with Gasteiger partial charge >= 0.3 is 0 Å². The van der Waals surface area contributed by atoms with Gasteiger partial charge in [0, 0.05) is 59.9 Å². The van der Waals surface area contributed by atoms with Crippen molar-refractivity contribution in [1.82, 2.24) is 9.88 Å². The zero-order valence-electron chi connectivity index (χ0n) is 19.8. The molecule has 3 aromatic rings. The number of fused-ring (bicyclic) bond motifs is 1. The number of hydrogen-bond donors (Lipinski definition) is 1. The van der Waals surface area contributed by atoms with Crippen LogP contribution in [0.25, 0.3) is 16.8 Å². The second-order valence-electron chi connectivity index (χ2n) is 8.99. The number of rotatable bonds is 8. The van der Waals surface area contributed by atoms with Crippen LogP contribution in [-0.2, 0) is 13.1 Å². The van der Waals surface area contributed by atoms with Crippen LogP contribution in [0.4, 0.5) is 4.39 Å². The fourth-order valence-electron chi connectivity index (χ4n) is 4.05. The summed E-state index contributed by atoms with van der Waals surface area (Å²) < 4.78 is 14.1. The lowest BCUT2D eigenvalue weighted by Crippen LogP contribution is -2.23. The van der Waals surface area contributed by atoms with Gasteiger partial charge in [-0.3, -0.25) is 9.79 Å². The van der Waals surface area contributed by atoms with Gasteiger partial charge in [-0.25, -0.2) is 9.37 Å². The molecule has 2 heterocycles. The number of allylic oxidation sites excluding steroid dienone is 1. The van der Waals surface area contributed by atoms with Crippen LogP contribution in [0.1, 0.15) is 47.3 Å². The minimum atomic E-state index is -0.319. The first-order chi connectivity index (χ1) is 16.9. The van der Waals surface area contributed by atoms with Crippen LogP contribution in [0.2, 0.25) is 5.15 Å². The lowest BCUT2D eigenvalue weighted by molar-refractivity contribution is 0.0765. The van der Waals surface area contributed by atoms with Crippen molar-refractivity contribution in [3.63, 3.8) is 0 Å². The molecule has 180 valence electrons. The zero-order chi connectivity index (χ0) is 24.9. The molecule has 1 amide bonds. The summed E-state index contributed by atoms with van der Waals surface area (Å²) in [6.45, 7) is 5.65. The van der Waals surface area contributed by atoms with Crippen molar-refractivity contribution in [2.45, 2.75) is 33.4 Å². The number of carbonyl (C=O) groups excluding carboxylic acids is 1. The second-order valence-corrected chi connectivity index (χ2v) is 9.38. The molecule has 0 saturated heterocycles. The number of pyridine rings is 1. The summed E-state index contributed by atoms with van der Waals surface area (Å²) in [6, 6.07) is 15.7. The largest absolute Gasteiger partial charge is 0.404 e. The highest BCUT2D eigenvalue weighted by Crippen LogP contribution is 2.33. The summed E-state index contributed by atoms with van der Waals surface area (Å²) in [4.78, 5) is 23.9. The SMILES string of the molecule is CC(C)CCN=CC(=CN)c1ccc(Cl)nc1-c1ccc2c(c1)C(=O)N(Cc1ccccc1F)C2. The summed E-state index contributed by atoms with van der Waals surface area (Å²) in [5.41, 5.74) is 10.8. The van der Waals surface area contributed by atoms with Crippen molar-refractivity contribution < 1.29 is 9.18 Å². The lowest BCUT2D eigenvalue weighted by atomic mass is 9.97. The Labute approximate surface area is 210 Å². The molecule has 4 rings (SSSR count). The molecule has 0 radical (unpaired) electrons. The molecular weight excluding hydrogens is 463 g/mol. The van der Waals surface area contributed by atoms with Crippen molar-refractivity contribution in [2.75, 3.05) is 6.54 Å². The number of nitrogens with two attached hydrogens (primary N) is 1. The number of amides is 1. The molecule has 0 atom stereocenters. The number of halogens is 2. The Bertz CT molecular complexity index is 1300. The predicted octanol–water partition coefficient (Wildman–Crippen LogP) is 6.11. The van der Waals surface area contributed by atoms with E-state index in [-0.39, 0.29) is 18.3 Å². The Morgan fingerprint density at radius 3 is 2.77 bits per heavy atom. The van der Waals surface area contributed by atoms with Gasteiger partial charge in [0.05, 0.1) is 5.69 Å². The highest BCUT2D eigenvalue weighted by molar-refractivity contribution is 6.29. The van der Waals surface area contributed by atoms with Gasteiger partial charge in [0.2, 0.25) is 0 Å². The number of carbonyl (C=O) groups is 1. The number of nitrogens with zero attached hydrogens (tertiary/aromatic N) is 3. The van der Waals surface area contributed by atoms with Gasteiger partial charge in [-0.1, -0.05) is 55.8 Å². The molecule has 1 aliphatic rings. The number of aromatic nitrogens is 1. The van der Waals surface area contributed by atoms with E-state index in [9.17, 15) is 9.18 Å². The minimum absolute atomic E-state index is 0.140. The highest BCUT2D eigenvalue weighted by atomic mass is 35.5. The fourth-order valence-corrected chi connectivity index (χ4v) is 4.20. The normalized spacial score (nSPS) is 13.8. The average molecular weight is 491 g/mol. The Hall–Kier alpha value is -3.51. The van der Waals surface area contributed by atoms with Gasteiger partial charge in [-0.2, -0.15) is 0 Å². The van der Waals surface area contributed by atoms with E-state index in [0.717, 1.165) is 28.7 Å². The van der Waals surface area contributed by atoms with Gasteiger partial charge < -0.3 is 10.6 Å². The van der Waals surface area contributed by atoms with Crippen LogP contribution in [-0.4, -0.2) is 28.6 Å². The quantitative estimate of drug-likeness (QED) is 0.305. The fraction of sp³-hybridized carbons (Fsp3) is 0.250. The summed E-state index contributed by atoms with van der Waals surface area (Å²) in [7, 11) is 0. The van der Waals surface area contributed by atoms with Crippen molar-refractivity contribution in [2.24, 2.45) is 16.6 Å². The molecule has 2 aromatic carbocycles. The average Bonchev–Trinajstić information content (AvgIpc) is 3.15. The molecule has 0 unspecified atom stereocenters. The van der Waals surface area contributed by atoms with Crippen molar-refractivity contribution >= 4 is 29.3 Å². The summed E-state index contributed by atoms with van der Waals surface area (Å²) in [5.74, 6) is 0.103. The third kappa shape index (κ3) is 5.60. The molecule has 0 aliphatic carbocycles. The van der Waals surface area contributed by atoms with E-state index in [1.54, 1.807) is 35.4 Å². The monoisotopic (exact) mass is 490 g/mol. The van der Waals surface area contributed by atoms with Gasteiger partial charge in [0.15, 0.2) is 0 Å². The third-order valence-corrected chi connectivity index (χ3v) is 6.21. The van der Waals surface area contributed by atoms with E-state index in [4.69, 9.17) is 17.3 Å². The summed E-state index contributed by atoms with van der Waals surface area (Å²) >= 11 is 6.24. The molecule has 35 heavy (non-hydrogen) atoms. The molecule has 2 N–H and O–H groups in total. The molecule has 0 saturated carbocycles. The molecule has 0 fully saturated rings. The molecular formula is C28H28ClFN4O. The molecule has 0 bridgehead atoms. The minimum Gasteiger partial charge on any atom is -0.404 e. The van der Waals surface area contributed by atoms with Gasteiger partial charge in [0.1, 0.15) is 11.0 Å². The summed E-state index contributed by atoms with van der Waals surface area (Å²) in [6.07, 6.45) is 4.24.